The Morgan fingerprint density at radius 1 is 1.30 bits per heavy atom. The van der Waals surface area contributed by atoms with Gasteiger partial charge in [0.2, 0.25) is 11.9 Å². The number of carbonyl (C=O) groups is 2. The highest BCUT2D eigenvalue weighted by Crippen LogP contribution is 2.23. The number of halogens is 2. The fraction of sp³-hybridized carbons (Fsp3) is 0.118. The van der Waals surface area contributed by atoms with Gasteiger partial charge in [-0.05, 0) is 29.8 Å². The van der Waals surface area contributed by atoms with Crippen LogP contribution in [0.4, 0.5) is 8.78 Å². The van der Waals surface area contributed by atoms with Crippen LogP contribution in [0.2, 0.25) is 0 Å². The predicted molar refractivity (Wildman–Crippen MR) is 96.4 cm³/mol. The number of carbonyl (C=O) groups excluding carboxylic acids is 1. The zero-order valence-corrected chi connectivity index (χ0v) is 14.4. The summed E-state index contributed by atoms with van der Waals surface area (Å²) in [6, 6.07) is 6.98. The number of amides is 1. The molecule has 7 nitrogen and oxygen atoms in total. The lowest BCUT2D eigenvalue weighted by molar-refractivity contribution is -0.138. The van der Waals surface area contributed by atoms with E-state index in [0.29, 0.717) is 11.1 Å². The molecule has 2 heterocycles. The van der Waals surface area contributed by atoms with Gasteiger partial charge in [-0.25, -0.2) is 9.37 Å². The third kappa shape index (κ3) is 4.73. The largest absolute Gasteiger partial charge is 0.481 e. The molecule has 2 aromatic rings. The normalized spacial score (nSPS) is 18.2. The Bertz CT molecular complexity index is 948. The zero-order chi connectivity index (χ0) is 19.4. The van der Waals surface area contributed by atoms with Gasteiger partial charge in [-0.1, -0.05) is 17.8 Å². The number of nitrogens with one attached hydrogen (secondary N) is 1. The Balaban J connectivity index is 1.75. The Morgan fingerprint density at radius 2 is 2.07 bits per heavy atom. The van der Waals surface area contributed by atoms with Crippen molar-refractivity contribution in [3.05, 3.63) is 53.9 Å². The van der Waals surface area contributed by atoms with Crippen molar-refractivity contribution >= 4 is 35.0 Å². The van der Waals surface area contributed by atoms with Gasteiger partial charge in [-0.2, -0.15) is 9.49 Å². The van der Waals surface area contributed by atoms with E-state index in [1.165, 1.54) is 42.7 Å². The molecular formula is C17H12F2N4O3S. The van der Waals surface area contributed by atoms with Crippen LogP contribution in [-0.2, 0) is 9.59 Å². The molecule has 1 atom stereocenters. The quantitative estimate of drug-likeness (QED) is 0.464. The Labute approximate surface area is 156 Å². The first-order valence-electron chi connectivity index (χ1n) is 7.64. The lowest BCUT2D eigenvalue weighted by atomic mass is 10.0. The van der Waals surface area contributed by atoms with Gasteiger partial charge in [0.15, 0.2) is 5.17 Å². The number of carboxylic acids is 1. The number of thioether (sulfide) groups is 1. The second kappa shape index (κ2) is 8.04. The maximum atomic E-state index is 14.0. The summed E-state index contributed by atoms with van der Waals surface area (Å²) < 4.78 is 26.9. The average molecular weight is 390 g/mol. The van der Waals surface area contributed by atoms with Crippen LogP contribution in [0.15, 0.2) is 46.7 Å². The van der Waals surface area contributed by atoms with Gasteiger partial charge in [-0.3, -0.25) is 9.59 Å². The van der Waals surface area contributed by atoms with E-state index in [4.69, 9.17) is 5.11 Å². The van der Waals surface area contributed by atoms with E-state index < -0.39 is 28.9 Å². The number of amidine groups is 1. The highest BCUT2D eigenvalue weighted by atomic mass is 32.2. The van der Waals surface area contributed by atoms with E-state index >= 15 is 0 Å². The molecule has 1 aliphatic heterocycles. The van der Waals surface area contributed by atoms with E-state index in [1.807, 2.05) is 0 Å². The standard InChI is InChI=1S/C17H12F2N4O3S/c18-12-3-1-9(10-2-4-14(19)20-7-10)5-11(12)8-21-23-17-22-16(26)13(27-17)6-15(24)25/h1-5,7-8,13H,6H2,(H,24,25)(H,22,23,26). The van der Waals surface area contributed by atoms with Crippen LogP contribution in [0.5, 0.6) is 0 Å². The molecular weight excluding hydrogens is 378 g/mol. The lowest BCUT2D eigenvalue weighted by Gasteiger charge is -2.03. The molecule has 10 heteroatoms. The maximum Gasteiger partial charge on any atom is 0.305 e. The number of hydrogen-bond donors (Lipinski definition) is 2. The van der Waals surface area contributed by atoms with Crippen molar-refractivity contribution in [1.29, 1.82) is 0 Å². The van der Waals surface area contributed by atoms with Gasteiger partial charge in [-0.15, -0.1) is 5.10 Å². The number of hydrogen-bond acceptors (Lipinski definition) is 6. The minimum Gasteiger partial charge on any atom is -0.481 e. The van der Waals surface area contributed by atoms with Crippen LogP contribution in [0, 0.1) is 11.8 Å². The third-order valence-electron chi connectivity index (χ3n) is 3.54. The summed E-state index contributed by atoms with van der Waals surface area (Å²) in [5, 5.41) is 18.0. The first-order chi connectivity index (χ1) is 12.9. The number of aromatic nitrogens is 1. The summed E-state index contributed by atoms with van der Waals surface area (Å²) in [6.07, 6.45) is 2.17. The second-order valence-corrected chi connectivity index (χ2v) is 6.64. The maximum absolute atomic E-state index is 14.0. The molecule has 0 saturated carbocycles. The summed E-state index contributed by atoms with van der Waals surface area (Å²) in [6.45, 7) is 0. The number of aliphatic carboxylic acids is 1. The van der Waals surface area contributed by atoms with Crippen LogP contribution in [0.1, 0.15) is 12.0 Å². The summed E-state index contributed by atoms with van der Waals surface area (Å²) in [4.78, 5) is 25.9. The lowest BCUT2D eigenvalue weighted by Crippen LogP contribution is -2.26. The van der Waals surface area contributed by atoms with Crippen molar-refractivity contribution in [3.63, 3.8) is 0 Å². The van der Waals surface area contributed by atoms with Crippen molar-refractivity contribution < 1.29 is 23.5 Å². The smallest absolute Gasteiger partial charge is 0.305 e. The molecule has 1 unspecified atom stereocenters. The van der Waals surface area contributed by atoms with E-state index in [9.17, 15) is 18.4 Å². The SMILES string of the molecule is O=C(O)CC1SC(=NN=Cc2cc(-c3ccc(F)nc3)ccc2F)NC1=O. The van der Waals surface area contributed by atoms with E-state index in [2.05, 4.69) is 20.5 Å². The van der Waals surface area contributed by atoms with Crippen molar-refractivity contribution in [3.8, 4) is 11.1 Å². The van der Waals surface area contributed by atoms with Gasteiger partial charge >= 0.3 is 5.97 Å². The molecule has 1 aromatic heterocycles. The van der Waals surface area contributed by atoms with Gasteiger partial charge in [0.05, 0.1) is 12.6 Å². The van der Waals surface area contributed by atoms with Crippen molar-refractivity contribution in [2.75, 3.05) is 0 Å². The molecule has 138 valence electrons. The molecule has 1 aliphatic rings. The molecule has 0 aliphatic carbocycles. The van der Waals surface area contributed by atoms with Crippen molar-refractivity contribution in [2.24, 2.45) is 10.2 Å². The molecule has 0 spiro atoms. The molecule has 2 N–H and O–H groups in total. The van der Waals surface area contributed by atoms with E-state index in [-0.39, 0.29) is 17.2 Å². The van der Waals surface area contributed by atoms with Crippen LogP contribution < -0.4 is 5.32 Å². The molecule has 1 amide bonds. The van der Waals surface area contributed by atoms with Gasteiger partial charge < -0.3 is 10.4 Å². The molecule has 1 aromatic carbocycles. The van der Waals surface area contributed by atoms with Crippen LogP contribution >= 0.6 is 11.8 Å². The number of rotatable bonds is 5. The van der Waals surface area contributed by atoms with Gasteiger partial charge in [0.1, 0.15) is 11.1 Å². The van der Waals surface area contributed by atoms with Gasteiger partial charge in [0, 0.05) is 17.3 Å². The number of nitrogens with zero attached hydrogens (tertiary/aromatic N) is 3. The predicted octanol–water partition coefficient (Wildman–Crippen LogP) is 2.42. The first-order valence-corrected chi connectivity index (χ1v) is 8.52. The minimum absolute atomic E-state index is 0.137. The summed E-state index contributed by atoms with van der Waals surface area (Å²) in [7, 11) is 0. The zero-order valence-electron chi connectivity index (χ0n) is 13.6. The summed E-state index contributed by atoms with van der Waals surface area (Å²) >= 11 is 0.945. The van der Waals surface area contributed by atoms with Crippen LogP contribution in [0.3, 0.4) is 0 Å². The molecule has 0 bridgehead atoms. The van der Waals surface area contributed by atoms with E-state index in [0.717, 1.165) is 11.8 Å². The number of benzene rings is 1. The van der Waals surface area contributed by atoms with Crippen LogP contribution in [0.25, 0.3) is 11.1 Å². The van der Waals surface area contributed by atoms with Crippen LogP contribution in [-0.4, -0.2) is 38.6 Å². The molecule has 1 saturated heterocycles. The Kier molecular flexibility index (Phi) is 5.55. The van der Waals surface area contributed by atoms with Crippen molar-refractivity contribution in [2.45, 2.75) is 11.7 Å². The summed E-state index contributed by atoms with van der Waals surface area (Å²) in [5.74, 6) is -2.71. The minimum atomic E-state index is -1.10. The van der Waals surface area contributed by atoms with E-state index in [1.54, 1.807) is 0 Å². The first kappa shape index (κ1) is 18.6. The highest BCUT2D eigenvalue weighted by molar-refractivity contribution is 8.15. The number of pyridine rings is 1. The Morgan fingerprint density at radius 3 is 2.78 bits per heavy atom. The second-order valence-electron chi connectivity index (χ2n) is 5.45. The highest BCUT2D eigenvalue weighted by Gasteiger charge is 2.32. The monoisotopic (exact) mass is 390 g/mol. The fourth-order valence-corrected chi connectivity index (χ4v) is 3.17. The molecule has 0 radical (unpaired) electrons. The third-order valence-corrected chi connectivity index (χ3v) is 4.61. The van der Waals surface area contributed by atoms with Gasteiger partial charge in [0.25, 0.3) is 0 Å². The Hall–Kier alpha value is -3.14. The molecule has 1 fully saturated rings. The topological polar surface area (TPSA) is 104 Å². The summed E-state index contributed by atoms with van der Waals surface area (Å²) in [5.41, 5.74) is 1.35. The van der Waals surface area contributed by atoms with Crippen molar-refractivity contribution in [1.82, 2.24) is 10.3 Å². The number of carboxylic acid groups (broad SMARTS) is 1. The fourth-order valence-electron chi connectivity index (χ4n) is 2.26. The average Bonchev–Trinajstić information content (AvgIpc) is 2.96. The molecule has 3 rings (SSSR count). The molecule has 27 heavy (non-hydrogen) atoms.